The van der Waals surface area contributed by atoms with Crippen LogP contribution in [0, 0.1) is 5.92 Å². The van der Waals surface area contributed by atoms with Gasteiger partial charge in [0.25, 0.3) is 0 Å². The zero-order chi connectivity index (χ0) is 12.1. The fourth-order valence-electron chi connectivity index (χ4n) is 2.57. The molecule has 17 heavy (non-hydrogen) atoms. The minimum atomic E-state index is -0.0830. The van der Waals surface area contributed by atoms with Gasteiger partial charge < -0.3 is 10.0 Å². The number of piperidine rings is 1. The second kappa shape index (κ2) is 6.18. The van der Waals surface area contributed by atoms with Crippen LogP contribution in [0.15, 0.2) is 30.3 Å². The van der Waals surface area contributed by atoms with Crippen LogP contribution in [0.5, 0.6) is 0 Å². The summed E-state index contributed by atoms with van der Waals surface area (Å²) in [5, 5.41) is 9.67. The van der Waals surface area contributed by atoms with Gasteiger partial charge in [0.2, 0.25) is 0 Å². The molecule has 0 amide bonds. The number of benzene rings is 1. The van der Waals surface area contributed by atoms with Gasteiger partial charge in [0, 0.05) is 13.1 Å². The molecule has 1 aliphatic rings. The summed E-state index contributed by atoms with van der Waals surface area (Å²) in [6.45, 7) is 5.41. The molecular formula is C15H23NO. The molecule has 1 aliphatic heterocycles. The Kier molecular flexibility index (Phi) is 4.57. The Balaban J connectivity index is 1.69. The predicted molar refractivity (Wildman–Crippen MR) is 71.0 cm³/mol. The van der Waals surface area contributed by atoms with Crippen molar-refractivity contribution in [1.82, 2.24) is 4.90 Å². The van der Waals surface area contributed by atoms with E-state index in [0.29, 0.717) is 5.92 Å². The van der Waals surface area contributed by atoms with E-state index in [2.05, 4.69) is 42.2 Å². The standard InChI is InChI=1S/C15H23NO/c1-13-12-16(11-9-15(13)17)10-5-8-14-6-3-2-4-7-14/h2-4,6-7,13,15,17H,5,8-12H2,1H3. The van der Waals surface area contributed by atoms with Gasteiger partial charge in [0.1, 0.15) is 0 Å². The van der Waals surface area contributed by atoms with E-state index in [0.717, 1.165) is 32.5 Å². The summed E-state index contributed by atoms with van der Waals surface area (Å²) in [5.41, 5.74) is 1.43. The zero-order valence-electron chi connectivity index (χ0n) is 10.7. The van der Waals surface area contributed by atoms with Crippen LogP contribution in [0.4, 0.5) is 0 Å². The molecule has 0 aliphatic carbocycles. The molecule has 0 saturated carbocycles. The third kappa shape index (κ3) is 3.83. The molecule has 2 rings (SSSR count). The number of nitrogens with zero attached hydrogens (tertiary/aromatic N) is 1. The molecule has 0 radical (unpaired) electrons. The quantitative estimate of drug-likeness (QED) is 0.862. The largest absolute Gasteiger partial charge is 0.393 e. The van der Waals surface area contributed by atoms with Crippen molar-refractivity contribution in [3.05, 3.63) is 35.9 Å². The molecule has 0 bridgehead atoms. The van der Waals surface area contributed by atoms with Crippen molar-refractivity contribution in [2.45, 2.75) is 32.3 Å². The van der Waals surface area contributed by atoms with Crippen molar-refractivity contribution in [3.8, 4) is 0 Å². The molecule has 2 atom stereocenters. The van der Waals surface area contributed by atoms with Gasteiger partial charge in [-0.25, -0.2) is 0 Å². The number of rotatable bonds is 4. The van der Waals surface area contributed by atoms with E-state index in [4.69, 9.17) is 0 Å². The third-order valence-corrected chi connectivity index (χ3v) is 3.73. The maximum atomic E-state index is 9.67. The summed E-state index contributed by atoms with van der Waals surface area (Å²) in [6, 6.07) is 10.7. The van der Waals surface area contributed by atoms with E-state index in [1.807, 2.05) is 0 Å². The Morgan fingerprint density at radius 1 is 1.29 bits per heavy atom. The summed E-state index contributed by atoms with van der Waals surface area (Å²) in [5.74, 6) is 0.431. The number of aliphatic hydroxyl groups excluding tert-OH is 1. The highest BCUT2D eigenvalue weighted by Gasteiger charge is 2.23. The molecule has 2 nitrogen and oxygen atoms in total. The number of aryl methyl sites for hydroxylation is 1. The molecule has 1 fully saturated rings. The Morgan fingerprint density at radius 2 is 2.06 bits per heavy atom. The minimum Gasteiger partial charge on any atom is -0.393 e. The molecule has 94 valence electrons. The molecule has 1 N–H and O–H groups in total. The molecule has 1 saturated heterocycles. The molecule has 1 aromatic carbocycles. The van der Waals surface area contributed by atoms with Crippen LogP contribution in [-0.4, -0.2) is 35.7 Å². The number of hydrogen-bond donors (Lipinski definition) is 1. The SMILES string of the molecule is CC1CN(CCCc2ccccc2)CCC1O. The number of aliphatic hydroxyl groups is 1. The van der Waals surface area contributed by atoms with Gasteiger partial charge in [-0.15, -0.1) is 0 Å². The van der Waals surface area contributed by atoms with Gasteiger partial charge in [0.05, 0.1) is 6.10 Å². The van der Waals surface area contributed by atoms with E-state index in [9.17, 15) is 5.11 Å². The van der Waals surface area contributed by atoms with Crippen molar-refractivity contribution in [3.63, 3.8) is 0 Å². The van der Waals surface area contributed by atoms with E-state index in [1.165, 1.54) is 12.0 Å². The third-order valence-electron chi connectivity index (χ3n) is 3.73. The topological polar surface area (TPSA) is 23.5 Å². The number of likely N-dealkylation sites (tertiary alicyclic amines) is 1. The first-order valence-corrected chi connectivity index (χ1v) is 6.70. The molecule has 0 aromatic heterocycles. The fraction of sp³-hybridized carbons (Fsp3) is 0.600. The first-order valence-electron chi connectivity index (χ1n) is 6.70. The Hall–Kier alpha value is -0.860. The molecule has 1 heterocycles. The summed E-state index contributed by atoms with van der Waals surface area (Å²) in [4.78, 5) is 2.49. The van der Waals surface area contributed by atoms with Crippen molar-refractivity contribution >= 4 is 0 Å². The maximum absolute atomic E-state index is 9.67. The lowest BCUT2D eigenvalue weighted by molar-refractivity contribution is 0.0348. The molecule has 2 unspecified atom stereocenters. The lowest BCUT2D eigenvalue weighted by Gasteiger charge is -2.34. The first-order chi connectivity index (χ1) is 8.25. The van der Waals surface area contributed by atoms with Crippen LogP contribution in [0.3, 0.4) is 0 Å². The average Bonchev–Trinajstić information content (AvgIpc) is 2.35. The monoisotopic (exact) mass is 233 g/mol. The fourth-order valence-corrected chi connectivity index (χ4v) is 2.57. The van der Waals surface area contributed by atoms with Crippen molar-refractivity contribution < 1.29 is 5.11 Å². The molecular weight excluding hydrogens is 210 g/mol. The van der Waals surface area contributed by atoms with Gasteiger partial charge in [-0.2, -0.15) is 0 Å². The van der Waals surface area contributed by atoms with Crippen LogP contribution in [-0.2, 0) is 6.42 Å². The lowest BCUT2D eigenvalue weighted by Crippen LogP contribution is -2.42. The second-order valence-corrected chi connectivity index (χ2v) is 5.22. The first kappa shape index (κ1) is 12.6. The lowest BCUT2D eigenvalue weighted by atomic mass is 9.96. The Labute approximate surface area is 104 Å². The summed E-state index contributed by atoms with van der Waals surface area (Å²) < 4.78 is 0. The van der Waals surface area contributed by atoms with Crippen molar-refractivity contribution in [1.29, 1.82) is 0 Å². The minimum absolute atomic E-state index is 0.0830. The Morgan fingerprint density at radius 3 is 2.76 bits per heavy atom. The van der Waals surface area contributed by atoms with Crippen LogP contribution < -0.4 is 0 Å². The van der Waals surface area contributed by atoms with Gasteiger partial charge in [-0.1, -0.05) is 37.3 Å². The second-order valence-electron chi connectivity index (χ2n) is 5.22. The highest BCUT2D eigenvalue weighted by atomic mass is 16.3. The predicted octanol–water partition coefficient (Wildman–Crippen LogP) is 2.32. The van der Waals surface area contributed by atoms with Crippen molar-refractivity contribution in [2.75, 3.05) is 19.6 Å². The van der Waals surface area contributed by atoms with E-state index >= 15 is 0 Å². The van der Waals surface area contributed by atoms with Gasteiger partial charge >= 0.3 is 0 Å². The summed E-state index contributed by atoms with van der Waals surface area (Å²) >= 11 is 0. The highest BCUT2D eigenvalue weighted by molar-refractivity contribution is 5.14. The van der Waals surface area contributed by atoms with E-state index in [1.54, 1.807) is 0 Å². The van der Waals surface area contributed by atoms with E-state index in [-0.39, 0.29) is 6.10 Å². The highest BCUT2D eigenvalue weighted by Crippen LogP contribution is 2.16. The van der Waals surface area contributed by atoms with Crippen LogP contribution in [0.2, 0.25) is 0 Å². The molecule has 2 heteroatoms. The van der Waals surface area contributed by atoms with Crippen LogP contribution in [0.1, 0.15) is 25.3 Å². The van der Waals surface area contributed by atoms with E-state index < -0.39 is 0 Å². The normalized spacial score (nSPS) is 26.0. The maximum Gasteiger partial charge on any atom is 0.0590 e. The summed E-state index contributed by atoms with van der Waals surface area (Å²) in [7, 11) is 0. The van der Waals surface area contributed by atoms with Gasteiger partial charge in [-0.05, 0) is 37.3 Å². The van der Waals surface area contributed by atoms with Crippen molar-refractivity contribution in [2.24, 2.45) is 5.92 Å². The molecule has 1 aromatic rings. The average molecular weight is 233 g/mol. The van der Waals surface area contributed by atoms with Crippen LogP contribution >= 0.6 is 0 Å². The zero-order valence-corrected chi connectivity index (χ0v) is 10.7. The van der Waals surface area contributed by atoms with Crippen LogP contribution in [0.25, 0.3) is 0 Å². The smallest absolute Gasteiger partial charge is 0.0590 e. The van der Waals surface area contributed by atoms with Gasteiger partial charge in [-0.3, -0.25) is 0 Å². The Bertz CT molecular complexity index is 325. The van der Waals surface area contributed by atoms with Gasteiger partial charge in [0.15, 0.2) is 0 Å². The number of hydrogen-bond acceptors (Lipinski definition) is 2. The molecule has 0 spiro atoms. The summed E-state index contributed by atoms with van der Waals surface area (Å²) in [6.07, 6.45) is 3.23.